The maximum absolute atomic E-state index is 4.71. The van der Waals surface area contributed by atoms with E-state index in [4.69, 9.17) is 4.98 Å². The van der Waals surface area contributed by atoms with E-state index in [1.54, 1.807) is 0 Å². The Kier molecular flexibility index (Phi) is 6.44. The highest BCUT2D eigenvalue weighted by Gasteiger charge is 2.25. The van der Waals surface area contributed by atoms with Crippen molar-refractivity contribution >= 4 is 87.6 Å². The number of rotatable bonds is 4. The first-order chi connectivity index (χ1) is 12.8. The number of para-hydroxylation sites is 1. The average molecular weight is 450 g/mol. The van der Waals surface area contributed by atoms with Crippen LogP contribution in [0.15, 0.2) is 69.7 Å². The van der Waals surface area contributed by atoms with Crippen LogP contribution >= 0.6 is 70.6 Å². The van der Waals surface area contributed by atoms with Crippen LogP contribution in [-0.2, 0) is 0 Å². The zero-order valence-corrected chi connectivity index (χ0v) is 19.0. The molecule has 0 saturated carbocycles. The Morgan fingerprint density at radius 2 is 1.62 bits per heavy atom. The van der Waals surface area contributed by atoms with Crippen LogP contribution in [0.25, 0.3) is 17.0 Å². The first-order valence-corrected chi connectivity index (χ1v) is 13.6. The molecule has 0 fully saturated rings. The molecule has 1 nitrogen and oxygen atoms in total. The van der Waals surface area contributed by atoms with Gasteiger partial charge in [-0.15, -0.1) is 23.5 Å². The maximum atomic E-state index is 4.71. The first kappa shape index (κ1) is 19.0. The summed E-state index contributed by atoms with van der Waals surface area (Å²) < 4.78 is 5.66. The Morgan fingerprint density at radius 1 is 0.846 bits per heavy atom. The van der Waals surface area contributed by atoms with E-state index < -0.39 is 0 Å². The van der Waals surface area contributed by atoms with Gasteiger partial charge in [0.1, 0.15) is 0 Å². The van der Waals surface area contributed by atoms with Crippen molar-refractivity contribution in [3.63, 3.8) is 0 Å². The largest absolute Gasteiger partial charge is 0.248 e. The van der Waals surface area contributed by atoms with Crippen molar-refractivity contribution in [1.82, 2.24) is 4.98 Å². The summed E-state index contributed by atoms with van der Waals surface area (Å²) in [6.45, 7) is 0. The average Bonchev–Trinajstić information content (AvgIpc) is 3.32. The van der Waals surface area contributed by atoms with Gasteiger partial charge in [0.25, 0.3) is 0 Å². The molecular formula is C19H15NS6. The van der Waals surface area contributed by atoms with Crippen LogP contribution < -0.4 is 0 Å². The van der Waals surface area contributed by atoms with Gasteiger partial charge < -0.3 is 0 Å². The van der Waals surface area contributed by atoms with Gasteiger partial charge in [0.15, 0.2) is 0 Å². The molecule has 2 aliphatic rings. The number of aromatic nitrogens is 1. The highest BCUT2D eigenvalue weighted by Crippen LogP contribution is 2.61. The normalized spacial score (nSPS) is 17.8. The van der Waals surface area contributed by atoms with E-state index in [1.807, 2.05) is 82.7 Å². The lowest BCUT2D eigenvalue weighted by Crippen LogP contribution is -1.82. The third-order valence-corrected chi connectivity index (χ3v) is 11.7. The standard InChI is InChI=1S/C19H15NS6/c1-21-16-17(22-2)26-19(25-16)18-23-11-14(24-18)10-9-13-8-7-12-5-3-4-6-15(12)20-13/h3-11H,1-2H3/b10-9+. The molecule has 4 rings (SSSR count). The van der Waals surface area contributed by atoms with Crippen LogP contribution in [0.2, 0.25) is 0 Å². The topological polar surface area (TPSA) is 12.9 Å². The molecule has 0 amide bonds. The van der Waals surface area contributed by atoms with Crippen molar-refractivity contribution in [3.8, 4) is 0 Å². The van der Waals surface area contributed by atoms with Crippen molar-refractivity contribution in [2.24, 2.45) is 0 Å². The number of hydrogen-bond donors (Lipinski definition) is 0. The Bertz CT molecular complexity index is 955. The minimum absolute atomic E-state index is 0.997. The predicted molar refractivity (Wildman–Crippen MR) is 130 cm³/mol. The molecule has 0 atom stereocenters. The molecule has 7 heteroatoms. The summed E-state index contributed by atoms with van der Waals surface area (Å²) in [6, 6.07) is 12.4. The lowest BCUT2D eigenvalue weighted by Gasteiger charge is -2.01. The van der Waals surface area contributed by atoms with Crippen molar-refractivity contribution < 1.29 is 0 Å². The van der Waals surface area contributed by atoms with Crippen molar-refractivity contribution in [1.29, 1.82) is 0 Å². The maximum Gasteiger partial charge on any atom is 0.0717 e. The highest BCUT2D eigenvalue weighted by molar-refractivity contribution is 8.42. The van der Waals surface area contributed by atoms with Gasteiger partial charge in [0.05, 0.1) is 28.2 Å². The lowest BCUT2D eigenvalue weighted by molar-refractivity contribution is 1.37. The molecule has 3 heterocycles. The predicted octanol–water partition coefficient (Wildman–Crippen LogP) is 8.03. The Balaban J connectivity index is 1.45. The second-order valence-electron chi connectivity index (χ2n) is 5.26. The molecule has 1 aromatic carbocycles. The molecule has 26 heavy (non-hydrogen) atoms. The Hall–Kier alpha value is -0.310. The Labute approximate surface area is 179 Å². The van der Waals surface area contributed by atoms with E-state index in [1.165, 1.54) is 27.2 Å². The molecule has 0 bridgehead atoms. The molecule has 0 spiro atoms. The van der Waals surface area contributed by atoms with Gasteiger partial charge in [-0.3, -0.25) is 0 Å². The van der Waals surface area contributed by atoms with Crippen LogP contribution in [-0.4, -0.2) is 17.5 Å². The number of pyridine rings is 1. The monoisotopic (exact) mass is 449 g/mol. The van der Waals surface area contributed by atoms with Crippen molar-refractivity contribution in [3.05, 3.63) is 75.4 Å². The smallest absolute Gasteiger partial charge is 0.0717 e. The summed E-state index contributed by atoms with van der Waals surface area (Å²) in [5.41, 5.74) is 2.04. The molecule has 2 aromatic rings. The number of fused-ring (bicyclic) bond motifs is 1. The third kappa shape index (κ3) is 4.23. The fourth-order valence-corrected chi connectivity index (χ4v) is 9.86. The van der Waals surface area contributed by atoms with Crippen molar-refractivity contribution in [2.45, 2.75) is 0 Å². The van der Waals surface area contributed by atoms with E-state index in [0.29, 0.717) is 0 Å². The number of hydrogen-bond acceptors (Lipinski definition) is 7. The molecular weight excluding hydrogens is 435 g/mol. The number of thioether (sulfide) groups is 6. The summed E-state index contributed by atoms with van der Waals surface area (Å²) >= 11 is 11.2. The molecule has 0 radical (unpaired) electrons. The summed E-state index contributed by atoms with van der Waals surface area (Å²) in [6.07, 6.45) is 8.59. The van der Waals surface area contributed by atoms with Crippen LogP contribution in [0.5, 0.6) is 0 Å². The quantitative estimate of drug-likeness (QED) is 0.462. The number of allylic oxidation sites excluding steroid dienone is 1. The van der Waals surface area contributed by atoms with E-state index in [2.05, 4.69) is 54.3 Å². The van der Waals surface area contributed by atoms with E-state index in [0.717, 1.165) is 11.2 Å². The molecule has 0 unspecified atom stereocenters. The summed E-state index contributed by atoms with van der Waals surface area (Å²) in [5.74, 6) is 0. The molecule has 0 saturated heterocycles. The fraction of sp³-hybridized carbons (Fsp3) is 0.105. The molecule has 2 aliphatic heterocycles. The van der Waals surface area contributed by atoms with Gasteiger partial charge in [0.2, 0.25) is 0 Å². The van der Waals surface area contributed by atoms with Crippen molar-refractivity contribution in [2.75, 3.05) is 12.5 Å². The van der Waals surface area contributed by atoms with E-state index in [9.17, 15) is 0 Å². The number of benzene rings is 1. The Morgan fingerprint density at radius 3 is 2.38 bits per heavy atom. The zero-order valence-electron chi connectivity index (χ0n) is 14.1. The van der Waals surface area contributed by atoms with Crippen LogP contribution in [0.1, 0.15) is 5.69 Å². The third-order valence-electron chi connectivity index (χ3n) is 3.61. The highest BCUT2D eigenvalue weighted by atomic mass is 32.3. The van der Waals surface area contributed by atoms with Crippen LogP contribution in [0.4, 0.5) is 0 Å². The number of nitrogens with zero attached hydrogens (tertiary/aromatic N) is 1. The lowest BCUT2D eigenvalue weighted by atomic mass is 10.2. The van der Waals surface area contributed by atoms with Crippen LogP contribution in [0, 0.1) is 0 Å². The minimum atomic E-state index is 0.997. The van der Waals surface area contributed by atoms with Gasteiger partial charge >= 0.3 is 0 Å². The molecule has 1 aromatic heterocycles. The van der Waals surface area contributed by atoms with Gasteiger partial charge in [-0.2, -0.15) is 0 Å². The molecule has 0 N–H and O–H groups in total. The second-order valence-corrected chi connectivity index (χ2v) is 11.9. The SMILES string of the molecule is CSC1=C(SC)SC(=C2SC=C(/C=C/c3ccc4ccccc4n3)S2)S1. The molecule has 0 aliphatic carbocycles. The van der Waals surface area contributed by atoms with Gasteiger partial charge in [0, 0.05) is 10.3 Å². The second kappa shape index (κ2) is 8.80. The summed E-state index contributed by atoms with van der Waals surface area (Å²) in [5, 5.41) is 3.42. The van der Waals surface area contributed by atoms with Gasteiger partial charge in [-0.1, -0.05) is 71.3 Å². The first-order valence-electron chi connectivity index (χ1n) is 7.77. The summed E-state index contributed by atoms with van der Waals surface area (Å²) in [7, 11) is 0. The van der Waals surface area contributed by atoms with Gasteiger partial charge in [-0.25, -0.2) is 4.98 Å². The van der Waals surface area contributed by atoms with Gasteiger partial charge in [-0.05, 0) is 42.2 Å². The van der Waals surface area contributed by atoms with E-state index in [-0.39, 0.29) is 0 Å². The molecule has 132 valence electrons. The zero-order chi connectivity index (χ0) is 17.9. The van der Waals surface area contributed by atoms with E-state index >= 15 is 0 Å². The summed E-state index contributed by atoms with van der Waals surface area (Å²) in [4.78, 5) is 5.99. The van der Waals surface area contributed by atoms with Crippen LogP contribution in [0.3, 0.4) is 0 Å². The fourth-order valence-electron chi connectivity index (χ4n) is 2.38. The minimum Gasteiger partial charge on any atom is -0.248 e.